The van der Waals surface area contributed by atoms with Crippen LogP contribution >= 0.6 is 11.6 Å². The fraction of sp³-hybridized carbons (Fsp3) is 0.462. The molecule has 0 aliphatic rings. The average Bonchev–Trinajstić information content (AvgIpc) is 2.23. The van der Waals surface area contributed by atoms with Crippen LogP contribution in [-0.4, -0.2) is 12.5 Å². The molecular formula is C13H18ClNO. The number of nitrogens with one attached hydrogen (secondary N) is 1. The molecule has 1 aromatic carbocycles. The standard InChI is InChI=1S/C13H18ClNO/c1-4-5-15-13(16)12(14)11-7-9(2)6-10(3)8-11/h6-8,12H,4-5H2,1-3H3,(H,15,16). The minimum Gasteiger partial charge on any atom is -0.355 e. The molecule has 1 atom stereocenters. The second-order valence-corrected chi connectivity index (χ2v) is 4.51. The van der Waals surface area contributed by atoms with Crippen molar-refractivity contribution in [2.24, 2.45) is 0 Å². The number of halogens is 1. The number of carbonyl (C=O) groups is 1. The molecular weight excluding hydrogens is 222 g/mol. The summed E-state index contributed by atoms with van der Waals surface area (Å²) in [4.78, 5) is 11.7. The van der Waals surface area contributed by atoms with Crippen molar-refractivity contribution in [1.82, 2.24) is 5.32 Å². The molecule has 2 nitrogen and oxygen atoms in total. The van der Waals surface area contributed by atoms with Gasteiger partial charge in [-0.1, -0.05) is 36.2 Å². The van der Waals surface area contributed by atoms with E-state index >= 15 is 0 Å². The molecule has 0 spiro atoms. The molecule has 3 heteroatoms. The first-order chi connectivity index (χ1) is 7.54. The molecule has 0 saturated carbocycles. The molecule has 0 radical (unpaired) electrons. The quantitative estimate of drug-likeness (QED) is 0.804. The van der Waals surface area contributed by atoms with E-state index in [0.29, 0.717) is 6.54 Å². The molecule has 1 rings (SSSR count). The van der Waals surface area contributed by atoms with Gasteiger partial charge in [0.2, 0.25) is 5.91 Å². The predicted molar refractivity (Wildman–Crippen MR) is 67.8 cm³/mol. The monoisotopic (exact) mass is 239 g/mol. The lowest BCUT2D eigenvalue weighted by Gasteiger charge is -2.11. The van der Waals surface area contributed by atoms with E-state index in [0.717, 1.165) is 23.1 Å². The fourth-order valence-corrected chi connectivity index (χ4v) is 1.85. The smallest absolute Gasteiger partial charge is 0.242 e. The topological polar surface area (TPSA) is 29.1 Å². The Labute approximate surface area is 102 Å². The highest BCUT2D eigenvalue weighted by Gasteiger charge is 2.17. The molecule has 0 heterocycles. The van der Waals surface area contributed by atoms with Crippen LogP contribution < -0.4 is 5.32 Å². The van der Waals surface area contributed by atoms with Gasteiger partial charge >= 0.3 is 0 Å². The molecule has 0 aliphatic carbocycles. The SMILES string of the molecule is CCCNC(=O)C(Cl)c1cc(C)cc(C)c1. The van der Waals surface area contributed by atoms with Gasteiger partial charge in [0, 0.05) is 6.54 Å². The summed E-state index contributed by atoms with van der Waals surface area (Å²) >= 11 is 6.12. The highest BCUT2D eigenvalue weighted by Crippen LogP contribution is 2.22. The maximum absolute atomic E-state index is 11.7. The number of amides is 1. The Balaban J connectivity index is 2.79. The van der Waals surface area contributed by atoms with Gasteiger partial charge in [0.15, 0.2) is 0 Å². The highest BCUT2D eigenvalue weighted by atomic mass is 35.5. The van der Waals surface area contributed by atoms with E-state index in [2.05, 4.69) is 11.4 Å². The van der Waals surface area contributed by atoms with Crippen molar-refractivity contribution in [3.8, 4) is 0 Å². The molecule has 0 aliphatic heterocycles. The summed E-state index contributed by atoms with van der Waals surface area (Å²) in [6.07, 6.45) is 0.919. The summed E-state index contributed by atoms with van der Waals surface area (Å²) in [5.74, 6) is -0.117. The molecule has 1 unspecified atom stereocenters. The number of hydrogen-bond acceptors (Lipinski definition) is 1. The molecule has 1 N–H and O–H groups in total. The van der Waals surface area contributed by atoms with Crippen LogP contribution in [0, 0.1) is 13.8 Å². The maximum Gasteiger partial charge on any atom is 0.242 e. The van der Waals surface area contributed by atoms with Crippen molar-refractivity contribution in [1.29, 1.82) is 0 Å². The number of carbonyl (C=O) groups excluding carboxylic acids is 1. The number of aryl methyl sites for hydroxylation is 2. The van der Waals surface area contributed by atoms with Gasteiger partial charge in [0.05, 0.1) is 0 Å². The third-order valence-electron chi connectivity index (χ3n) is 2.32. The number of alkyl halides is 1. The van der Waals surface area contributed by atoms with E-state index in [-0.39, 0.29) is 5.91 Å². The molecule has 16 heavy (non-hydrogen) atoms. The second-order valence-electron chi connectivity index (χ2n) is 4.07. The lowest BCUT2D eigenvalue weighted by atomic mass is 10.0. The van der Waals surface area contributed by atoms with Crippen LogP contribution in [-0.2, 0) is 4.79 Å². The first kappa shape index (κ1) is 13.0. The summed E-state index contributed by atoms with van der Waals surface area (Å²) in [6, 6.07) is 5.98. The van der Waals surface area contributed by atoms with Crippen molar-refractivity contribution in [2.45, 2.75) is 32.6 Å². The summed E-state index contributed by atoms with van der Waals surface area (Å²) in [6.45, 7) is 6.70. The van der Waals surface area contributed by atoms with Gasteiger partial charge in [-0.05, 0) is 25.8 Å². The van der Waals surface area contributed by atoms with Gasteiger partial charge in [0.25, 0.3) is 0 Å². The minimum absolute atomic E-state index is 0.117. The zero-order valence-corrected chi connectivity index (χ0v) is 10.8. The summed E-state index contributed by atoms with van der Waals surface area (Å²) in [5, 5.41) is 2.21. The van der Waals surface area contributed by atoms with Crippen LogP contribution in [0.25, 0.3) is 0 Å². The van der Waals surface area contributed by atoms with Crippen LogP contribution in [0.5, 0.6) is 0 Å². The van der Waals surface area contributed by atoms with E-state index in [4.69, 9.17) is 11.6 Å². The second kappa shape index (κ2) is 5.90. The zero-order valence-electron chi connectivity index (χ0n) is 10.0. The Morgan fingerprint density at radius 1 is 1.31 bits per heavy atom. The van der Waals surface area contributed by atoms with Gasteiger partial charge in [-0.15, -0.1) is 11.6 Å². The summed E-state index contributed by atoms with van der Waals surface area (Å²) in [5.41, 5.74) is 3.13. The van der Waals surface area contributed by atoms with E-state index in [1.54, 1.807) is 0 Å². The highest BCUT2D eigenvalue weighted by molar-refractivity contribution is 6.30. The van der Waals surface area contributed by atoms with Gasteiger partial charge in [-0.25, -0.2) is 0 Å². The first-order valence-corrected chi connectivity index (χ1v) is 5.98. The largest absolute Gasteiger partial charge is 0.355 e. The predicted octanol–water partition coefficient (Wildman–Crippen LogP) is 3.11. The lowest BCUT2D eigenvalue weighted by molar-refractivity contribution is -0.120. The Morgan fingerprint density at radius 2 is 1.88 bits per heavy atom. The maximum atomic E-state index is 11.7. The Hall–Kier alpha value is -1.02. The van der Waals surface area contributed by atoms with Crippen LogP contribution in [0.2, 0.25) is 0 Å². The fourth-order valence-electron chi connectivity index (χ4n) is 1.65. The molecule has 88 valence electrons. The Bertz CT molecular complexity index is 356. The van der Waals surface area contributed by atoms with Crippen LogP contribution in [0.3, 0.4) is 0 Å². The Morgan fingerprint density at radius 3 is 2.38 bits per heavy atom. The summed E-state index contributed by atoms with van der Waals surface area (Å²) in [7, 11) is 0. The molecule has 0 aromatic heterocycles. The van der Waals surface area contributed by atoms with Gasteiger partial charge < -0.3 is 5.32 Å². The van der Waals surface area contributed by atoms with E-state index < -0.39 is 5.38 Å². The average molecular weight is 240 g/mol. The van der Waals surface area contributed by atoms with Crippen LogP contribution in [0.4, 0.5) is 0 Å². The third-order valence-corrected chi connectivity index (χ3v) is 2.77. The van der Waals surface area contributed by atoms with E-state index in [1.807, 2.05) is 32.9 Å². The number of hydrogen-bond donors (Lipinski definition) is 1. The van der Waals surface area contributed by atoms with Gasteiger partial charge in [0.1, 0.15) is 5.38 Å². The Kier molecular flexibility index (Phi) is 4.81. The first-order valence-electron chi connectivity index (χ1n) is 5.54. The van der Waals surface area contributed by atoms with Crippen molar-refractivity contribution in [2.75, 3.05) is 6.54 Å². The lowest BCUT2D eigenvalue weighted by Crippen LogP contribution is -2.27. The number of rotatable bonds is 4. The van der Waals surface area contributed by atoms with Crippen molar-refractivity contribution >= 4 is 17.5 Å². The third kappa shape index (κ3) is 3.53. The summed E-state index contributed by atoms with van der Waals surface area (Å²) < 4.78 is 0. The molecule has 1 aromatic rings. The van der Waals surface area contributed by atoms with E-state index in [1.165, 1.54) is 0 Å². The van der Waals surface area contributed by atoms with Gasteiger partial charge in [-0.2, -0.15) is 0 Å². The zero-order chi connectivity index (χ0) is 12.1. The minimum atomic E-state index is -0.592. The molecule has 0 saturated heterocycles. The van der Waals surface area contributed by atoms with Crippen LogP contribution in [0.15, 0.2) is 18.2 Å². The van der Waals surface area contributed by atoms with E-state index in [9.17, 15) is 4.79 Å². The molecule has 0 bridgehead atoms. The normalized spacial score (nSPS) is 12.2. The van der Waals surface area contributed by atoms with Crippen molar-refractivity contribution < 1.29 is 4.79 Å². The molecule has 0 fully saturated rings. The van der Waals surface area contributed by atoms with Crippen molar-refractivity contribution in [3.63, 3.8) is 0 Å². The van der Waals surface area contributed by atoms with Crippen LogP contribution in [0.1, 0.15) is 35.4 Å². The van der Waals surface area contributed by atoms with Gasteiger partial charge in [-0.3, -0.25) is 4.79 Å². The molecule has 1 amide bonds. The number of benzene rings is 1. The van der Waals surface area contributed by atoms with Crippen molar-refractivity contribution in [3.05, 3.63) is 34.9 Å².